The molecule has 134 valence electrons. The quantitative estimate of drug-likeness (QED) is 0.821. The van der Waals surface area contributed by atoms with Gasteiger partial charge < -0.3 is 4.74 Å². The van der Waals surface area contributed by atoms with E-state index in [0.717, 1.165) is 37.4 Å². The standard InChI is InChI=1S/C20H27N3OS/c1-15-4-3-5-17(21-15)14-24-19-10-18-11-22(8-9-23(18)12-19)13-20-7-6-16(2)25-20/h3-7,18-19H,8-14H2,1-2H3/t18-,19+/m0/s1. The van der Waals surface area contributed by atoms with Crippen molar-refractivity contribution in [1.29, 1.82) is 0 Å². The number of pyridine rings is 1. The van der Waals surface area contributed by atoms with Crippen LogP contribution in [0.5, 0.6) is 0 Å². The highest BCUT2D eigenvalue weighted by atomic mass is 32.1. The SMILES string of the molecule is Cc1cccc(CO[C@@H]2C[C@H]3CN(Cc4ccc(C)s4)CCN3C2)n1. The minimum absolute atomic E-state index is 0.344. The van der Waals surface area contributed by atoms with Gasteiger partial charge in [-0.05, 0) is 44.5 Å². The molecule has 2 aromatic heterocycles. The molecule has 0 aliphatic carbocycles. The van der Waals surface area contributed by atoms with Gasteiger partial charge in [-0.25, -0.2) is 0 Å². The molecular weight excluding hydrogens is 330 g/mol. The van der Waals surface area contributed by atoms with Crippen LogP contribution in [0.1, 0.15) is 27.6 Å². The third-order valence-electron chi connectivity index (χ3n) is 5.25. The summed E-state index contributed by atoms with van der Waals surface area (Å²) < 4.78 is 6.17. The largest absolute Gasteiger partial charge is 0.371 e. The zero-order chi connectivity index (χ0) is 17.2. The predicted molar refractivity (Wildman–Crippen MR) is 102 cm³/mol. The Bertz CT molecular complexity index is 716. The molecule has 2 atom stereocenters. The minimum Gasteiger partial charge on any atom is -0.371 e. The fourth-order valence-corrected chi connectivity index (χ4v) is 4.93. The second-order valence-corrected chi connectivity index (χ2v) is 8.71. The first kappa shape index (κ1) is 17.2. The average molecular weight is 358 g/mol. The van der Waals surface area contributed by atoms with Crippen molar-refractivity contribution in [3.63, 3.8) is 0 Å². The Labute approximate surface area is 154 Å². The van der Waals surface area contributed by atoms with E-state index in [1.807, 2.05) is 24.3 Å². The summed E-state index contributed by atoms with van der Waals surface area (Å²) in [4.78, 5) is 12.7. The first-order chi connectivity index (χ1) is 12.2. The molecule has 2 fully saturated rings. The molecule has 0 N–H and O–H groups in total. The number of fused-ring (bicyclic) bond motifs is 1. The van der Waals surface area contributed by atoms with Gasteiger partial charge in [0.15, 0.2) is 0 Å². The Morgan fingerprint density at radius 1 is 1.16 bits per heavy atom. The van der Waals surface area contributed by atoms with E-state index in [0.29, 0.717) is 18.8 Å². The molecule has 0 aromatic carbocycles. The zero-order valence-corrected chi connectivity index (χ0v) is 16.0. The fourth-order valence-electron chi connectivity index (χ4n) is 4.00. The van der Waals surface area contributed by atoms with Crippen LogP contribution in [0, 0.1) is 13.8 Å². The van der Waals surface area contributed by atoms with Crippen LogP contribution in [0.25, 0.3) is 0 Å². The van der Waals surface area contributed by atoms with Crippen molar-refractivity contribution in [1.82, 2.24) is 14.8 Å². The second-order valence-electron chi connectivity index (χ2n) is 7.34. The van der Waals surface area contributed by atoms with Crippen LogP contribution in [-0.4, -0.2) is 53.1 Å². The fraction of sp³-hybridized carbons (Fsp3) is 0.550. The molecule has 4 rings (SSSR count). The van der Waals surface area contributed by atoms with Gasteiger partial charge in [0.05, 0.1) is 18.4 Å². The smallest absolute Gasteiger partial charge is 0.0892 e. The van der Waals surface area contributed by atoms with Crippen molar-refractivity contribution < 1.29 is 4.74 Å². The van der Waals surface area contributed by atoms with Crippen molar-refractivity contribution in [2.45, 2.75) is 45.6 Å². The summed E-state index contributed by atoms with van der Waals surface area (Å²) in [6.45, 7) is 10.5. The van der Waals surface area contributed by atoms with E-state index < -0.39 is 0 Å². The van der Waals surface area contributed by atoms with Crippen molar-refractivity contribution in [3.8, 4) is 0 Å². The van der Waals surface area contributed by atoms with Crippen LogP contribution in [0.3, 0.4) is 0 Å². The molecule has 0 bridgehead atoms. The highest BCUT2D eigenvalue weighted by Crippen LogP contribution is 2.26. The number of rotatable bonds is 5. The van der Waals surface area contributed by atoms with Crippen LogP contribution in [0.4, 0.5) is 0 Å². The van der Waals surface area contributed by atoms with E-state index in [1.165, 1.54) is 22.8 Å². The van der Waals surface area contributed by atoms with Gasteiger partial charge in [0.2, 0.25) is 0 Å². The van der Waals surface area contributed by atoms with E-state index in [1.54, 1.807) is 0 Å². The van der Waals surface area contributed by atoms with Crippen molar-refractivity contribution in [2.75, 3.05) is 26.2 Å². The van der Waals surface area contributed by atoms with Gasteiger partial charge in [0, 0.05) is 54.2 Å². The predicted octanol–water partition coefficient (Wildman–Crippen LogP) is 3.24. The summed E-state index contributed by atoms with van der Waals surface area (Å²) in [5.41, 5.74) is 2.10. The number of nitrogens with zero attached hydrogens (tertiary/aromatic N) is 3. The lowest BCUT2D eigenvalue weighted by Gasteiger charge is -2.37. The molecule has 4 nitrogen and oxygen atoms in total. The van der Waals surface area contributed by atoms with Crippen LogP contribution in [0.15, 0.2) is 30.3 Å². The van der Waals surface area contributed by atoms with Crippen LogP contribution >= 0.6 is 11.3 Å². The molecule has 4 heterocycles. The highest BCUT2D eigenvalue weighted by molar-refractivity contribution is 7.11. The number of hydrogen-bond donors (Lipinski definition) is 0. The number of thiophene rings is 1. The first-order valence-electron chi connectivity index (χ1n) is 9.21. The Hall–Kier alpha value is -1.27. The molecule has 0 amide bonds. The summed E-state index contributed by atoms with van der Waals surface area (Å²) in [7, 11) is 0. The first-order valence-corrected chi connectivity index (χ1v) is 10.0. The topological polar surface area (TPSA) is 28.6 Å². The molecule has 0 spiro atoms. The van der Waals surface area contributed by atoms with Crippen LogP contribution < -0.4 is 0 Å². The molecule has 0 saturated carbocycles. The summed E-state index contributed by atoms with van der Waals surface area (Å²) in [6, 6.07) is 11.3. The van der Waals surface area contributed by atoms with Gasteiger partial charge in [0.1, 0.15) is 0 Å². The normalized spacial score (nSPS) is 24.6. The van der Waals surface area contributed by atoms with Gasteiger partial charge in [-0.2, -0.15) is 0 Å². The molecule has 0 radical (unpaired) electrons. The lowest BCUT2D eigenvalue weighted by atomic mass is 10.1. The molecule has 2 aliphatic rings. The average Bonchev–Trinajstić information content (AvgIpc) is 3.18. The summed E-state index contributed by atoms with van der Waals surface area (Å²) in [5, 5.41) is 0. The van der Waals surface area contributed by atoms with Gasteiger partial charge in [-0.15, -0.1) is 11.3 Å². The van der Waals surface area contributed by atoms with Gasteiger partial charge in [0.25, 0.3) is 0 Å². The lowest BCUT2D eigenvalue weighted by molar-refractivity contribution is 0.0440. The lowest BCUT2D eigenvalue weighted by Crippen LogP contribution is -2.49. The number of hydrogen-bond acceptors (Lipinski definition) is 5. The zero-order valence-electron chi connectivity index (χ0n) is 15.1. The van der Waals surface area contributed by atoms with Gasteiger partial charge >= 0.3 is 0 Å². The van der Waals surface area contributed by atoms with Crippen LogP contribution in [-0.2, 0) is 17.9 Å². The molecule has 0 unspecified atom stereocenters. The van der Waals surface area contributed by atoms with Crippen molar-refractivity contribution in [2.24, 2.45) is 0 Å². The summed E-state index contributed by atoms with van der Waals surface area (Å²) in [6.07, 6.45) is 1.49. The molecule has 5 heteroatoms. The molecule has 25 heavy (non-hydrogen) atoms. The monoisotopic (exact) mass is 357 g/mol. The molecular formula is C20H27N3OS. The van der Waals surface area contributed by atoms with Gasteiger partial charge in [-0.3, -0.25) is 14.8 Å². The van der Waals surface area contributed by atoms with E-state index in [4.69, 9.17) is 4.74 Å². The maximum atomic E-state index is 6.17. The van der Waals surface area contributed by atoms with E-state index in [-0.39, 0.29) is 0 Å². The van der Waals surface area contributed by atoms with E-state index in [2.05, 4.69) is 46.0 Å². The van der Waals surface area contributed by atoms with Crippen LogP contribution in [0.2, 0.25) is 0 Å². The number of aromatic nitrogens is 1. The number of aryl methyl sites for hydroxylation is 2. The van der Waals surface area contributed by atoms with Crippen molar-refractivity contribution in [3.05, 3.63) is 51.5 Å². The highest BCUT2D eigenvalue weighted by Gasteiger charge is 2.36. The van der Waals surface area contributed by atoms with Crippen molar-refractivity contribution >= 4 is 11.3 Å². The summed E-state index contributed by atoms with van der Waals surface area (Å²) in [5.74, 6) is 0. The maximum Gasteiger partial charge on any atom is 0.0892 e. The van der Waals surface area contributed by atoms with E-state index >= 15 is 0 Å². The third-order valence-corrected chi connectivity index (χ3v) is 6.24. The Kier molecular flexibility index (Phi) is 5.17. The summed E-state index contributed by atoms with van der Waals surface area (Å²) >= 11 is 1.93. The molecule has 2 aliphatic heterocycles. The third kappa shape index (κ3) is 4.29. The Balaban J connectivity index is 1.28. The Morgan fingerprint density at radius 3 is 2.88 bits per heavy atom. The van der Waals surface area contributed by atoms with Gasteiger partial charge in [-0.1, -0.05) is 6.07 Å². The number of ether oxygens (including phenoxy) is 1. The molecule has 2 saturated heterocycles. The maximum absolute atomic E-state index is 6.17. The Morgan fingerprint density at radius 2 is 2.08 bits per heavy atom. The molecule has 2 aromatic rings. The number of piperazine rings is 1. The second kappa shape index (κ2) is 7.54. The minimum atomic E-state index is 0.344. The van der Waals surface area contributed by atoms with E-state index in [9.17, 15) is 0 Å².